The molecule has 0 saturated heterocycles. The lowest BCUT2D eigenvalue weighted by atomic mass is 9.99. The number of hydrogen-bond acceptors (Lipinski definition) is 1. The molecule has 0 spiro atoms. The van der Waals surface area contributed by atoms with E-state index in [1.807, 2.05) is 12.1 Å². The highest BCUT2D eigenvalue weighted by molar-refractivity contribution is 5.80. The Balaban J connectivity index is 1.75. The SMILES string of the molecule is COc1ccc(-c2ccc3c(c2)Cc2ccccc2-3)cc1. The molecule has 21 heavy (non-hydrogen) atoms. The van der Waals surface area contributed by atoms with Crippen molar-refractivity contribution >= 4 is 0 Å². The summed E-state index contributed by atoms with van der Waals surface area (Å²) in [5.41, 5.74) is 8.11. The van der Waals surface area contributed by atoms with Crippen LogP contribution in [0.2, 0.25) is 0 Å². The molecule has 0 fully saturated rings. The topological polar surface area (TPSA) is 9.23 Å². The minimum Gasteiger partial charge on any atom is -0.497 e. The Morgan fingerprint density at radius 2 is 1.43 bits per heavy atom. The number of rotatable bonds is 2. The lowest BCUT2D eigenvalue weighted by molar-refractivity contribution is 0.415. The summed E-state index contributed by atoms with van der Waals surface area (Å²) in [6.07, 6.45) is 1.04. The smallest absolute Gasteiger partial charge is 0.118 e. The fourth-order valence-corrected chi connectivity index (χ4v) is 3.11. The van der Waals surface area contributed by atoms with Gasteiger partial charge in [-0.2, -0.15) is 0 Å². The Hall–Kier alpha value is -2.54. The third-order valence-corrected chi connectivity index (χ3v) is 4.22. The van der Waals surface area contributed by atoms with Crippen molar-refractivity contribution in [3.8, 4) is 28.0 Å². The number of methoxy groups -OCH3 is 1. The summed E-state index contributed by atoms with van der Waals surface area (Å²) in [6.45, 7) is 0. The normalized spacial score (nSPS) is 11.9. The van der Waals surface area contributed by atoms with Crippen molar-refractivity contribution in [3.05, 3.63) is 77.9 Å². The Labute approximate surface area is 124 Å². The van der Waals surface area contributed by atoms with Gasteiger partial charge in [-0.25, -0.2) is 0 Å². The van der Waals surface area contributed by atoms with Gasteiger partial charge in [0.25, 0.3) is 0 Å². The molecular weight excluding hydrogens is 256 g/mol. The van der Waals surface area contributed by atoms with E-state index in [-0.39, 0.29) is 0 Å². The highest BCUT2D eigenvalue weighted by Crippen LogP contribution is 2.38. The second-order valence-corrected chi connectivity index (χ2v) is 5.43. The third-order valence-electron chi connectivity index (χ3n) is 4.22. The van der Waals surface area contributed by atoms with Crippen molar-refractivity contribution < 1.29 is 4.74 Å². The van der Waals surface area contributed by atoms with Crippen molar-refractivity contribution in [3.63, 3.8) is 0 Å². The third kappa shape index (κ3) is 2.02. The van der Waals surface area contributed by atoms with E-state index in [0.29, 0.717) is 0 Å². The zero-order chi connectivity index (χ0) is 14.2. The average Bonchev–Trinajstić information content (AvgIpc) is 2.92. The molecule has 0 unspecified atom stereocenters. The van der Waals surface area contributed by atoms with E-state index < -0.39 is 0 Å². The van der Waals surface area contributed by atoms with Crippen molar-refractivity contribution in [1.29, 1.82) is 0 Å². The van der Waals surface area contributed by atoms with E-state index >= 15 is 0 Å². The van der Waals surface area contributed by atoms with Gasteiger partial charge in [-0.1, -0.05) is 54.6 Å². The molecule has 0 aliphatic heterocycles. The molecule has 4 rings (SSSR count). The lowest BCUT2D eigenvalue weighted by Crippen LogP contribution is -1.85. The molecular formula is C20H16O. The van der Waals surface area contributed by atoms with Gasteiger partial charge in [-0.3, -0.25) is 0 Å². The fourth-order valence-electron chi connectivity index (χ4n) is 3.11. The van der Waals surface area contributed by atoms with E-state index in [2.05, 4.69) is 54.6 Å². The summed E-state index contributed by atoms with van der Waals surface area (Å²) in [6, 6.07) is 23.7. The number of fused-ring (bicyclic) bond motifs is 3. The molecule has 0 N–H and O–H groups in total. The minimum absolute atomic E-state index is 0.896. The maximum atomic E-state index is 5.22. The Kier molecular flexibility index (Phi) is 2.78. The summed E-state index contributed by atoms with van der Waals surface area (Å²) >= 11 is 0. The van der Waals surface area contributed by atoms with Crippen LogP contribution in [0.4, 0.5) is 0 Å². The predicted molar refractivity (Wildman–Crippen MR) is 86.7 cm³/mol. The van der Waals surface area contributed by atoms with Crippen LogP contribution in [0.25, 0.3) is 22.3 Å². The summed E-state index contributed by atoms with van der Waals surface area (Å²) in [5.74, 6) is 0.896. The highest BCUT2D eigenvalue weighted by Gasteiger charge is 2.17. The first-order valence-electron chi connectivity index (χ1n) is 7.21. The van der Waals surface area contributed by atoms with Crippen molar-refractivity contribution in [2.75, 3.05) is 7.11 Å². The van der Waals surface area contributed by atoms with Crippen LogP contribution in [-0.4, -0.2) is 7.11 Å². The summed E-state index contributed by atoms with van der Waals surface area (Å²) < 4.78 is 5.22. The lowest BCUT2D eigenvalue weighted by Gasteiger charge is -2.07. The number of hydrogen-bond donors (Lipinski definition) is 0. The molecule has 0 saturated carbocycles. The Bertz CT molecular complexity index is 800. The van der Waals surface area contributed by atoms with Gasteiger partial charge in [-0.15, -0.1) is 0 Å². The first-order valence-corrected chi connectivity index (χ1v) is 7.21. The summed E-state index contributed by atoms with van der Waals surface area (Å²) in [4.78, 5) is 0. The van der Waals surface area contributed by atoms with Gasteiger partial charge >= 0.3 is 0 Å². The second-order valence-electron chi connectivity index (χ2n) is 5.43. The van der Waals surface area contributed by atoms with Crippen LogP contribution >= 0.6 is 0 Å². The summed E-state index contributed by atoms with van der Waals surface area (Å²) in [5, 5.41) is 0. The van der Waals surface area contributed by atoms with E-state index in [4.69, 9.17) is 4.74 Å². The zero-order valence-corrected chi connectivity index (χ0v) is 12.0. The van der Waals surface area contributed by atoms with Crippen molar-refractivity contribution in [2.24, 2.45) is 0 Å². The molecule has 0 aromatic heterocycles. The maximum absolute atomic E-state index is 5.22. The van der Waals surface area contributed by atoms with Gasteiger partial charge in [0.05, 0.1) is 7.11 Å². The van der Waals surface area contributed by atoms with Crippen LogP contribution < -0.4 is 4.74 Å². The Morgan fingerprint density at radius 3 is 2.24 bits per heavy atom. The van der Waals surface area contributed by atoms with Crippen LogP contribution in [-0.2, 0) is 6.42 Å². The van der Waals surface area contributed by atoms with Crippen molar-refractivity contribution in [1.82, 2.24) is 0 Å². The molecule has 1 heteroatoms. The van der Waals surface area contributed by atoms with Crippen molar-refractivity contribution in [2.45, 2.75) is 6.42 Å². The molecule has 0 atom stereocenters. The van der Waals surface area contributed by atoms with Crippen LogP contribution in [0.5, 0.6) is 5.75 Å². The van der Waals surface area contributed by atoms with E-state index in [1.54, 1.807) is 7.11 Å². The molecule has 1 aliphatic rings. The van der Waals surface area contributed by atoms with Crippen LogP contribution in [0, 0.1) is 0 Å². The molecule has 0 amide bonds. The quantitative estimate of drug-likeness (QED) is 0.502. The molecule has 0 heterocycles. The monoisotopic (exact) mass is 272 g/mol. The predicted octanol–water partition coefficient (Wildman–Crippen LogP) is 4.93. The zero-order valence-electron chi connectivity index (χ0n) is 12.0. The van der Waals surface area contributed by atoms with Gasteiger partial charge in [0.2, 0.25) is 0 Å². The Morgan fingerprint density at radius 1 is 0.714 bits per heavy atom. The molecule has 102 valence electrons. The molecule has 0 bridgehead atoms. The largest absolute Gasteiger partial charge is 0.497 e. The molecule has 1 aliphatic carbocycles. The molecule has 3 aromatic carbocycles. The molecule has 3 aromatic rings. The van der Waals surface area contributed by atoms with E-state index in [1.165, 1.54) is 33.4 Å². The number of ether oxygens (including phenoxy) is 1. The average molecular weight is 272 g/mol. The first kappa shape index (κ1) is 12.2. The van der Waals surface area contributed by atoms with Crippen LogP contribution in [0.1, 0.15) is 11.1 Å². The van der Waals surface area contributed by atoms with E-state index in [0.717, 1.165) is 12.2 Å². The first-order chi connectivity index (χ1) is 10.3. The highest BCUT2D eigenvalue weighted by atomic mass is 16.5. The van der Waals surface area contributed by atoms with Crippen LogP contribution in [0.3, 0.4) is 0 Å². The number of benzene rings is 3. The van der Waals surface area contributed by atoms with Gasteiger partial charge in [-0.05, 0) is 51.9 Å². The standard InChI is InChI=1S/C20H16O/c1-21-18-9-6-14(7-10-18)15-8-11-20-17(12-15)13-16-4-2-3-5-19(16)20/h2-12H,13H2,1H3. The molecule has 1 nitrogen and oxygen atoms in total. The second kappa shape index (κ2) is 4.78. The van der Waals surface area contributed by atoms with Gasteiger partial charge in [0.1, 0.15) is 5.75 Å². The summed E-state index contributed by atoms with van der Waals surface area (Å²) in [7, 11) is 1.70. The van der Waals surface area contributed by atoms with E-state index in [9.17, 15) is 0 Å². The van der Waals surface area contributed by atoms with Gasteiger partial charge < -0.3 is 4.74 Å². The fraction of sp³-hybridized carbons (Fsp3) is 0.100. The van der Waals surface area contributed by atoms with Crippen LogP contribution in [0.15, 0.2) is 66.7 Å². The van der Waals surface area contributed by atoms with Gasteiger partial charge in [0, 0.05) is 0 Å². The minimum atomic E-state index is 0.896. The maximum Gasteiger partial charge on any atom is 0.118 e. The van der Waals surface area contributed by atoms with Gasteiger partial charge in [0.15, 0.2) is 0 Å². The molecule has 0 radical (unpaired) electrons.